The van der Waals surface area contributed by atoms with Crippen molar-refractivity contribution >= 4 is 37.5 Å². The highest BCUT2D eigenvalue weighted by atomic mass is 32.2. The van der Waals surface area contributed by atoms with E-state index in [2.05, 4.69) is 11.6 Å². The minimum absolute atomic E-state index is 0.00525. The minimum atomic E-state index is -3.84. The molecule has 1 amide bonds. The summed E-state index contributed by atoms with van der Waals surface area (Å²) in [6, 6.07) is 8.47. The third kappa shape index (κ3) is 4.63. The fourth-order valence-electron chi connectivity index (χ4n) is 4.30. The van der Waals surface area contributed by atoms with Gasteiger partial charge in [-0.3, -0.25) is 4.79 Å². The molecule has 0 aliphatic carbocycles. The highest BCUT2D eigenvalue weighted by Crippen LogP contribution is 2.35. The number of nitrogens with zero attached hydrogens (tertiary/aromatic N) is 3. The summed E-state index contributed by atoms with van der Waals surface area (Å²) in [5.41, 5.74) is 0.856. The van der Waals surface area contributed by atoms with Crippen LogP contribution in [0.1, 0.15) is 12.8 Å². The Kier molecular flexibility index (Phi) is 6.47. The largest absolute Gasteiger partial charge is 0.486 e. The number of fused-ring (bicyclic) bond motifs is 2. The summed E-state index contributed by atoms with van der Waals surface area (Å²) in [6.07, 6.45) is 2.80. The molecule has 0 N–H and O–H groups in total. The first-order chi connectivity index (χ1) is 16.9. The van der Waals surface area contributed by atoms with E-state index in [1.807, 2.05) is 16.7 Å². The van der Waals surface area contributed by atoms with Crippen molar-refractivity contribution in [2.24, 2.45) is 10.9 Å². The zero-order valence-corrected chi connectivity index (χ0v) is 20.5. The minimum Gasteiger partial charge on any atom is -0.486 e. The summed E-state index contributed by atoms with van der Waals surface area (Å²) in [5.74, 6) is -0.148. The third-order valence-corrected chi connectivity index (χ3v) is 8.97. The lowest BCUT2D eigenvalue weighted by Gasteiger charge is -2.30. The zero-order chi connectivity index (χ0) is 24.6. The molecule has 3 heterocycles. The zero-order valence-electron chi connectivity index (χ0n) is 18.9. The maximum atomic E-state index is 13.3. The van der Waals surface area contributed by atoms with Crippen molar-refractivity contribution in [3.63, 3.8) is 0 Å². The first kappa shape index (κ1) is 23.7. The number of amides is 1. The number of benzene rings is 2. The molecule has 3 aromatic rings. The third-order valence-electron chi connectivity index (χ3n) is 6.05. The Morgan fingerprint density at radius 3 is 2.63 bits per heavy atom. The lowest BCUT2D eigenvalue weighted by Crippen LogP contribution is -2.42. The number of ether oxygens (including phenoxy) is 2. The number of hydrogen-bond donors (Lipinski definition) is 0. The molecule has 1 atom stereocenters. The van der Waals surface area contributed by atoms with Gasteiger partial charge in [-0.1, -0.05) is 17.4 Å². The predicted molar refractivity (Wildman–Crippen MR) is 129 cm³/mol. The maximum absolute atomic E-state index is 13.3. The quantitative estimate of drug-likeness (QED) is 0.485. The molecule has 0 saturated carbocycles. The SMILES string of the molecule is C=CCn1c(=NC(=O)C2CCCN(S(=O)(=O)c3ccc(F)cc3)C2)sc2cc3c(cc21)OCCO3. The molecular weight excluding hydrogens is 493 g/mol. The monoisotopic (exact) mass is 517 g/mol. The van der Waals surface area contributed by atoms with E-state index in [4.69, 9.17) is 9.47 Å². The van der Waals surface area contributed by atoms with Crippen LogP contribution in [0, 0.1) is 11.7 Å². The molecule has 0 bridgehead atoms. The van der Waals surface area contributed by atoms with Crippen LogP contribution in [0.2, 0.25) is 0 Å². The van der Waals surface area contributed by atoms with Crippen molar-refractivity contribution in [2.75, 3.05) is 26.3 Å². The number of rotatable bonds is 5. The molecule has 2 aliphatic heterocycles. The summed E-state index contributed by atoms with van der Waals surface area (Å²) >= 11 is 1.36. The van der Waals surface area contributed by atoms with E-state index >= 15 is 0 Å². The van der Waals surface area contributed by atoms with Crippen LogP contribution in [-0.2, 0) is 21.4 Å². The number of sulfonamides is 1. The molecule has 1 saturated heterocycles. The van der Waals surface area contributed by atoms with Crippen molar-refractivity contribution in [1.29, 1.82) is 0 Å². The van der Waals surface area contributed by atoms with Gasteiger partial charge in [-0.25, -0.2) is 12.8 Å². The van der Waals surface area contributed by atoms with Gasteiger partial charge in [-0.05, 0) is 37.1 Å². The Morgan fingerprint density at radius 2 is 1.91 bits per heavy atom. The Labute approximate surface area is 206 Å². The Bertz CT molecular complexity index is 1460. The Balaban J connectivity index is 1.45. The van der Waals surface area contributed by atoms with Crippen molar-refractivity contribution < 1.29 is 27.1 Å². The van der Waals surface area contributed by atoms with Gasteiger partial charge in [0.25, 0.3) is 5.91 Å². The van der Waals surface area contributed by atoms with Crippen LogP contribution in [-0.4, -0.2) is 49.5 Å². The standard InChI is InChI=1S/C24H24FN3O5S2/c1-2-9-28-19-13-20-21(33-12-11-32-20)14-22(19)34-24(28)26-23(29)16-4-3-10-27(15-16)35(30,31)18-7-5-17(25)6-8-18/h2,5-8,13-14,16H,1,3-4,9-12,15H2. The average Bonchev–Trinajstić information content (AvgIpc) is 3.18. The van der Waals surface area contributed by atoms with Gasteiger partial charge in [0.15, 0.2) is 16.3 Å². The van der Waals surface area contributed by atoms with Crippen LogP contribution in [0.15, 0.2) is 58.9 Å². The maximum Gasteiger partial charge on any atom is 0.252 e. The van der Waals surface area contributed by atoms with Crippen LogP contribution in [0.25, 0.3) is 10.2 Å². The van der Waals surface area contributed by atoms with Gasteiger partial charge in [-0.15, -0.1) is 6.58 Å². The van der Waals surface area contributed by atoms with E-state index in [1.165, 1.54) is 27.8 Å². The summed E-state index contributed by atoms with van der Waals surface area (Å²) < 4.78 is 54.8. The molecule has 1 unspecified atom stereocenters. The number of piperidine rings is 1. The van der Waals surface area contributed by atoms with Gasteiger partial charge in [0.2, 0.25) is 10.0 Å². The molecular formula is C24H24FN3O5S2. The topological polar surface area (TPSA) is 90.2 Å². The van der Waals surface area contributed by atoms with E-state index in [9.17, 15) is 17.6 Å². The number of hydrogen-bond acceptors (Lipinski definition) is 6. The molecule has 0 radical (unpaired) electrons. The molecule has 1 fully saturated rings. The Hall–Kier alpha value is -3.02. The van der Waals surface area contributed by atoms with Crippen molar-refractivity contribution in [2.45, 2.75) is 24.3 Å². The number of aromatic nitrogens is 1. The van der Waals surface area contributed by atoms with Crippen molar-refractivity contribution in [3.8, 4) is 11.5 Å². The van der Waals surface area contributed by atoms with Crippen LogP contribution in [0.4, 0.5) is 4.39 Å². The normalized spacial score (nSPS) is 19.1. The van der Waals surface area contributed by atoms with E-state index in [0.29, 0.717) is 55.4 Å². The number of carbonyl (C=O) groups excluding carboxylic acids is 1. The molecule has 8 nitrogen and oxygen atoms in total. The van der Waals surface area contributed by atoms with Crippen molar-refractivity contribution in [3.05, 3.63) is 59.7 Å². The van der Waals surface area contributed by atoms with Gasteiger partial charge in [0, 0.05) is 31.8 Å². The Morgan fingerprint density at radius 1 is 1.20 bits per heavy atom. The summed E-state index contributed by atoms with van der Waals surface area (Å²) in [4.78, 5) is 18.1. The molecule has 35 heavy (non-hydrogen) atoms. The number of thiazole rings is 1. The van der Waals surface area contributed by atoms with Crippen LogP contribution in [0.5, 0.6) is 11.5 Å². The van der Waals surface area contributed by atoms with Crippen molar-refractivity contribution in [1.82, 2.24) is 8.87 Å². The second kappa shape index (κ2) is 9.56. The van der Waals surface area contributed by atoms with E-state index in [0.717, 1.165) is 22.3 Å². The lowest BCUT2D eigenvalue weighted by molar-refractivity contribution is -0.122. The molecule has 2 aliphatic rings. The van der Waals surface area contributed by atoms with Gasteiger partial charge in [0.05, 0.1) is 21.0 Å². The first-order valence-corrected chi connectivity index (χ1v) is 13.5. The molecule has 11 heteroatoms. The van der Waals surface area contributed by atoms with Crippen LogP contribution < -0.4 is 14.3 Å². The van der Waals surface area contributed by atoms with Crippen LogP contribution >= 0.6 is 11.3 Å². The second-order valence-electron chi connectivity index (χ2n) is 8.35. The first-order valence-electron chi connectivity index (χ1n) is 11.2. The molecule has 0 spiro atoms. The highest BCUT2D eigenvalue weighted by Gasteiger charge is 2.33. The van der Waals surface area contributed by atoms with E-state index in [-0.39, 0.29) is 17.3 Å². The number of allylic oxidation sites excluding steroid dienone is 1. The number of carbonyl (C=O) groups is 1. The molecule has 184 valence electrons. The summed E-state index contributed by atoms with van der Waals surface area (Å²) in [7, 11) is -3.84. The van der Waals surface area contributed by atoms with Crippen LogP contribution in [0.3, 0.4) is 0 Å². The fourth-order valence-corrected chi connectivity index (χ4v) is 6.88. The lowest BCUT2D eigenvalue weighted by atomic mass is 9.99. The average molecular weight is 518 g/mol. The van der Waals surface area contributed by atoms with E-state index in [1.54, 1.807) is 6.08 Å². The van der Waals surface area contributed by atoms with Gasteiger partial charge in [0.1, 0.15) is 19.0 Å². The summed E-state index contributed by atoms with van der Waals surface area (Å²) in [6.45, 7) is 5.54. The second-order valence-corrected chi connectivity index (χ2v) is 11.3. The van der Waals surface area contributed by atoms with Gasteiger partial charge in [-0.2, -0.15) is 9.30 Å². The molecule has 5 rings (SSSR count). The summed E-state index contributed by atoms with van der Waals surface area (Å²) in [5, 5.41) is 0. The fraction of sp³-hybridized carbons (Fsp3) is 0.333. The predicted octanol–water partition coefficient (Wildman–Crippen LogP) is 3.33. The van der Waals surface area contributed by atoms with E-state index < -0.39 is 21.8 Å². The highest BCUT2D eigenvalue weighted by molar-refractivity contribution is 7.89. The van der Waals surface area contributed by atoms with Gasteiger partial charge < -0.3 is 14.0 Å². The molecule has 1 aromatic heterocycles. The number of halogens is 1. The molecule has 2 aromatic carbocycles. The smallest absolute Gasteiger partial charge is 0.252 e. The van der Waals surface area contributed by atoms with Gasteiger partial charge >= 0.3 is 0 Å².